The summed E-state index contributed by atoms with van der Waals surface area (Å²) < 4.78 is 27.7. The van der Waals surface area contributed by atoms with Crippen LogP contribution in [0.4, 0.5) is 8.78 Å². The van der Waals surface area contributed by atoms with Crippen LogP contribution in [0.5, 0.6) is 0 Å². The number of nitrogens with one attached hydrogen (secondary N) is 1. The second-order valence-electron chi connectivity index (χ2n) is 5.18. The topological polar surface area (TPSA) is 15.3 Å². The summed E-state index contributed by atoms with van der Waals surface area (Å²) in [6.45, 7) is 7.08. The van der Waals surface area contributed by atoms with Crippen molar-refractivity contribution in [3.05, 3.63) is 33.8 Å². The number of nitrogens with zero attached hydrogens (tertiary/aromatic N) is 1. The van der Waals surface area contributed by atoms with Crippen molar-refractivity contribution in [3.63, 3.8) is 0 Å². The van der Waals surface area contributed by atoms with Crippen molar-refractivity contribution in [3.8, 4) is 0 Å². The lowest BCUT2D eigenvalue weighted by Crippen LogP contribution is -2.31. The molecule has 1 rings (SSSR count). The largest absolute Gasteiger partial charge is 0.315 e. The van der Waals surface area contributed by atoms with Gasteiger partial charge in [0.1, 0.15) is 11.6 Å². The van der Waals surface area contributed by atoms with Crippen LogP contribution >= 0.6 is 15.9 Å². The summed E-state index contributed by atoms with van der Waals surface area (Å²) in [4.78, 5) is 1.91. The minimum absolute atomic E-state index is 0.120. The minimum atomic E-state index is -0.506. The lowest BCUT2D eigenvalue weighted by atomic mass is 10.2. The van der Waals surface area contributed by atoms with Crippen molar-refractivity contribution < 1.29 is 8.78 Å². The van der Waals surface area contributed by atoms with E-state index in [0.717, 1.165) is 19.6 Å². The first-order valence-corrected chi connectivity index (χ1v) is 7.22. The molecule has 0 radical (unpaired) electrons. The van der Waals surface area contributed by atoms with E-state index >= 15 is 0 Å². The maximum absolute atomic E-state index is 13.7. The summed E-state index contributed by atoms with van der Waals surface area (Å²) in [6, 6.07) is 2.59. The molecular weight excluding hydrogens is 314 g/mol. The molecule has 5 heteroatoms. The molecule has 1 N–H and O–H groups in total. The van der Waals surface area contributed by atoms with Gasteiger partial charge >= 0.3 is 0 Å². The fraction of sp³-hybridized carbons (Fsp3) is 0.571. The molecule has 0 aliphatic rings. The average Bonchev–Trinajstić information content (AvgIpc) is 2.29. The summed E-state index contributed by atoms with van der Waals surface area (Å²) in [5, 5.41) is 3.30. The zero-order valence-corrected chi connectivity index (χ0v) is 13.2. The molecule has 0 spiro atoms. The first kappa shape index (κ1) is 16.5. The van der Waals surface area contributed by atoms with Crippen LogP contribution in [-0.4, -0.2) is 31.6 Å². The van der Waals surface area contributed by atoms with E-state index in [9.17, 15) is 8.78 Å². The first-order chi connectivity index (χ1) is 8.90. The van der Waals surface area contributed by atoms with Gasteiger partial charge in [-0.2, -0.15) is 0 Å². The van der Waals surface area contributed by atoms with Crippen molar-refractivity contribution in [2.75, 3.05) is 26.7 Å². The highest BCUT2D eigenvalue weighted by Crippen LogP contribution is 2.20. The van der Waals surface area contributed by atoms with Crippen LogP contribution in [0.25, 0.3) is 0 Å². The van der Waals surface area contributed by atoms with Gasteiger partial charge in [-0.25, -0.2) is 8.78 Å². The molecule has 0 fully saturated rings. The SMILES string of the molecule is CC(C)CNCCN(C)Cc1c(F)cc(Br)cc1F. The van der Waals surface area contributed by atoms with Gasteiger partial charge in [0.05, 0.1) is 0 Å². The van der Waals surface area contributed by atoms with Crippen LogP contribution in [0.3, 0.4) is 0 Å². The Bertz CT molecular complexity index is 387. The summed E-state index contributed by atoms with van der Waals surface area (Å²) in [5.41, 5.74) is 0.120. The molecule has 0 saturated heterocycles. The Balaban J connectivity index is 2.46. The molecular formula is C14H21BrF2N2. The third kappa shape index (κ3) is 5.97. The number of rotatable bonds is 7. The Kier molecular flexibility index (Phi) is 6.89. The van der Waals surface area contributed by atoms with E-state index in [2.05, 4.69) is 35.1 Å². The molecule has 0 aliphatic heterocycles. The van der Waals surface area contributed by atoms with Gasteiger partial charge < -0.3 is 10.2 Å². The monoisotopic (exact) mass is 334 g/mol. The van der Waals surface area contributed by atoms with E-state index in [4.69, 9.17) is 0 Å². The Morgan fingerprint density at radius 1 is 1.26 bits per heavy atom. The minimum Gasteiger partial charge on any atom is -0.315 e. The Morgan fingerprint density at radius 3 is 2.37 bits per heavy atom. The highest BCUT2D eigenvalue weighted by molar-refractivity contribution is 9.10. The third-order valence-electron chi connectivity index (χ3n) is 2.76. The maximum atomic E-state index is 13.7. The van der Waals surface area contributed by atoms with E-state index in [-0.39, 0.29) is 12.1 Å². The summed E-state index contributed by atoms with van der Waals surface area (Å²) in [7, 11) is 1.86. The van der Waals surface area contributed by atoms with Gasteiger partial charge in [0.2, 0.25) is 0 Å². The Morgan fingerprint density at radius 2 is 1.84 bits per heavy atom. The molecule has 0 unspecified atom stereocenters. The third-order valence-corrected chi connectivity index (χ3v) is 3.21. The fourth-order valence-corrected chi connectivity index (χ4v) is 2.13. The Hall–Kier alpha value is -0.520. The highest BCUT2D eigenvalue weighted by atomic mass is 79.9. The van der Waals surface area contributed by atoms with Crippen LogP contribution in [0, 0.1) is 17.6 Å². The smallest absolute Gasteiger partial charge is 0.131 e. The molecule has 0 atom stereocenters. The predicted molar refractivity (Wildman–Crippen MR) is 78.1 cm³/mol. The molecule has 1 aromatic rings. The standard InChI is InChI=1S/C14H21BrF2N2/c1-10(2)8-18-4-5-19(3)9-12-13(16)6-11(15)7-14(12)17/h6-7,10,18H,4-5,8-9H2,1-3H3. The molecule has 0 aliphatic carbocycles. The zero-order valence-electron chi connectivity index (χ0n) is 11.6. The fourth-order valence-electron chi connectivity index (χ4n) is 1.73. The molecule has 0 amide bonds. The van der Waals surface area contributed by atoms with E-state index in [1.807, 2.05) is 11.9 Å². The number of halogens is 3. The summed E-state index contributed by atoms with van der Waals surface area (Å²) in [6.07, 6.45) is 0. The zero-order chi connectivity index (χ0) is 14.4. The summed E-state index contributed by atoms with van der Waals surface area (Å²) in [5.74, 6) is -0.408. The molecule has 0 heterocycles. The number of hydrogen-bond donors (Lipinski definition) is 1. The van der Waals surface area contributed by atoms with Crippen LogP contribution in [-0.2, 0) is 6.54 Å². The molecule has 0 saturated carbocycles. The van der Waals surface area contributed by atoms with Gasteiger partial charge in [0.25, 0.3) is 0 Å². The molecule has 2 nitrogen and oxygen atoms in total. The number of hydrogen-bond acceptors (Lipinski definition) is 2. The van der Waals surface area contributed by atoms with Gasteiger partial charge in [-0.05, 0) is 31.6 Å². The van der Waals surface area contributed by atoms with Gasteiger partial charge in [-0.3, -0.25) is 0 Å². The summed E-state index contributed by atoms with van der Waals surface area (Å²) >= 11 is 3.07. The van der Waals surface area contributed by atoms with Crippen molar-refractivity contribution in [1.82, 2.24) is 10.2 Å². The molecule has 0 aromatic heterocycles. The van der Waals surface area contributed by atoms with Gasteiger partial charge in [0, 0.05) is 29.7 Å². The quantitative estimate of drug-likeness (QED) is 0.769. The highest BCUT2D eigenvalue weighted by Gasteiger charge is 2.12. The van der Waals surface area contributed by atoms with Crippen molar-refractivity contribution >= 4 is 15.9 Å². The van der Waals surface area contributed by atoms with Crippen molar-refractivity contribution in [2.24, 2.45) is 5.92 Å². The number of likely N-dealkylation sites (N-methyl/N-ethyl adjacent to an activating group) is 1. The van der Waals surface area contributed by atoms with Gasteiger partial charge in [0.15, 0.2) is 0 Å². The van der Waals surface area contributed by atoms with Crippen LogP contribution < -0.4 is 5.32 Å². The van der Waals surface area contributed by atoms with Crippen LogP contribution in [0.2, 0.25) is 0 Å². The maximum Gasteiger partial charge on any atom is 0.131 e. The second kappa shape index (κ2) is 7.92. The van der Waals surface area contributed by atoms with Gasteiger partial charge in [-0.15, -0.1) is 0 Å². The van der Waals surface area contributed by atoms with E-state index in [1.165, 1.54) is 12.1 Å². The first-order valence-electron chi connectivity index (χ1n) is 6.42. The van der Waals surface area contributed by atoms with E-state index in [0.29, 0.717) is 10.4 Å². The molecule has 108 valence electrons. The molecule has 1 aromatic carbocycles. The average molecular weight is 335 g/mol. The van der Waals surface area contributed by atoms with Crippen LogP contribution in [0.15, 0.2) is 16.6 Å². The normalized spacial score (nSPS) is 11.6. The Labute approximate surface area is 122 Å². The molecule has 19 heavy (non-hydrogen) atoms. The van der Waals surface area contributed by atoms with Gasteiger partial charge in [-0.1, -0.05) is 29.8 Å². The molecule has 0 bridgehead atoms. The van der Waals surface area contributed by atoms with Crippen molar-refractivity contribution in [2.45, 2.75) is 20.4 Å². The lowest BCUT2D eigenvalue weighted by molar-refractivity contribution is 0.310. The predicted octanol–water partition coefficient (Wildman–Crippen LogP) is 3.40. The lowest BCUT2D eigenvalue weighted by Gasteiger charge is -2.18. The van der Waals surface area contributed by atoms with Crippen LogP contribution in [0.1, 0.15) is 19.4 Å². The number of benzene rings is 1. The van der Waals surface area contributed by atoms with Crippen molar-refractivity contribution in [1.29, 1.82) is 0 Å². The second-order valence-corrected chi connectivity index (χ2v) is 6.10. The van der Waals surface area contributed by atoms with E-state index < -0.39 is 11.6 Å². The van der Waals surface area contributed by atoms with E-state index in [1.54, 1.807) is 0 Å².